The topological polar surface area (TPSA) is 71.4 Å². The fraction of sp³-hybridized carbons (Fsp3) is 0.875. The van der Waals surface area contributed by atoms with Crippen molar-refractivity contribution in [3.8, 4) is 0 Å². The van der Waals surface area contributed by atoms with Gasteiger partial charge in [0.15, 0.2) is 9.84 Å². The molecular weight excluding hydrogens is 228 g/mol. The van der Waals surface area contributed by atoms with Gasteiger partial charge in [-0.05, 0) is 12.8 Å². The Morgan fingerprint density at radius 3 is 2.57 bits per heavy atom. The van der Waals surface area contributed by atoms with Crippen LogP contribution in [0.2, 0.25) is 0 Å². The van der Waals surface area contributed by atoms with Gasteiger partial charge in [-0.1, -0.05) is 6.42 Å². The monoisotopic (exact) mass is 240 g/mol. The second-order valence-electron chi connectivity index (χ2n) is 3.47. The van der Waals surface area contributed by atoms with Crippen LogP contribution in [-0.4, -0.2) is 36.4 Å². The Hall–Kier alpha value is -0.290. The molecule has 0 spiro atoms. The highest BCUT2D eigenvalue weighted by Crippen LogP contribution is 2.31. The van der Waals surface area contributed by atoms with E-state index in [1.54, 1.807) is 0 Å². The summed E-state index contributed by atoms with van der Waals surface area (Å²) in [5, 5.41) is 8.09. The van der Waals surface area contributed by atoms with E-state index in [2.05, 4.69) is 0 Å². The van der Waals surface area contributed by atoms with Crippen molar-refractivity contribution < 1.29 is 18.3 Å². The molecule has 4 nitrogen and oxygen atoms in total. The Kier molecular flexibility index (Phi) is 3.78. The number of halogens is 1. The molecule has 0 aromatic carbocycles. The average Bonchev–Trinajstić information content (AvgIpc) is 2.51. The van der Waals surface area contributed by atoms with E-state index in [4.69, 9.17) is 16.7 Å². The Morgan fingerprint density at radius 2 is 2.07 bits per heavy atom. The van der Waals surface area contributed by atoms with Crippen LogP contribution in [0.5, 0.6) is 0 Å². The molecule has 0 aromatic heterocycles. The Labute approximate surface area is 88.2 Å². The second-order valence-corrected chi connectivity index (χ2v) is 6.19. The highest BCUT2D eigenvalue weighted by Gasteiger charge is 2.40. The molecule has 0 amide bonds. The summed E-state index contributed by atoms with van der Waals surface area (Å²) in [5.74, 6) is -1.83. The predicted molar refractivity (Wildman–Crippen MR) is 53.3 cm³/mol. The lowest BCUT2D eigenvalue weighted by Gasteiger charge is -2.15. The number of hydrogen-bond acceptors (Lipinski definition) is 3. The first-order valence-corrected chi connectivity index (χ1v) is 6.74. The van der Waals surface area contributed by atoms with Crippen LogP contribution in [0.25, 0.3) is 0 Å². The number of sulfone groups is 1. The van der Waals surface area contributed by atoms with Gasteiger partial charge in [0.1, 0.15) is 0 Å². The number of hydrogen-bond donors (Lipinski definition) is 1. The van der Waals surface area contributed by atoms with Gasteiger partial charge in [0, 0.05) is 5.88 Å². The number of alkyl halides is 1. The molecular formula is C8H13ClO4S. The van der Waals surface area contributed by atoms with Crippen molar-refractivity contribution >= 4 is 27.4 Å². The first-order valence-electron chi connectivity index (χ1n) is 4.49. The van der Waals surface area contributed by atoms with E-state index in [1.807, 2.05) is 0 Å². The zero-order chi connectivity index (χ0) is 10.8. The van der Waals surface area contributed by atoms with E-state index in [-0.39, 0.29) is 11.6 Å². The van der Waals surface area contributed by atoms with Crippen LogP contribution in [0.3, 0.4) is 0 Å². The number of aliphatic carboxylic acids is 1. The lowest BCUT2D eigenvalue weighted by atomic mass is 10.1. The largest absolute Gasteiger partial charge is 0.481 e. The van der Waals surface area contributed by atoms with Gasteiger partial charge in [-0.25, -0.2) is 8.42 Å². The van der Waals surface area contributed by atoms with Gasteiger partial charge in [-0.15, -0.1) is 11.6 Å². The molecule has 1 saturated carbocycles. The van der Waals surface area contributed by atoms with Gasteiger partial charge < -0.3 is 5.11 Å². The third kappa shape index (κ3) is 2.39. The lowest BCUT2D eigenvalue weighted by Crippen LogP contribution is -2.32. The maximum absolute atomic E-state index is 11.6. The fourth-order valence-corrected chi connectivity index (χ4v) is 4.34. The van der Waals surface area contributed by atoms with Gasteiger partial charge >= 0.3 is 5.97 Å². The number of carboxylic acid groups (broad SMARTS) is 1. The SMILES string of the molecule is O=C(O)[C@H]1CCC[C@@H]1S(=O)(=O)CCCl. The van der Waals surface area contributed by atoms with Crippen LogP contribution in [0, 0.1) is 5.92 Å². The smallest absolute Gasteiger partial charge is 0.307 e. The Morgan fingerprint density at radius 1 is 1.43 bits per heavy atom. The quantitative estimate of drug-likeness (QED) is 0.741. The summed E-state index contributed by atoms with van der Waals surface area (Å²) < 4.78 is 23.2. The Balaban J connectivity index is 2.81. The van der Waals surface area contributed by atoms with Crippen LogP contribution < -0.4 is 0 Å². The van der Waals surface area contributed by atoms with Crippen molar-refractivity contribution in [1.82, 2.24) is 0 Å². The van der Waals surface area contributed by atoms with E-state index in [0.717, 1.165) is 0 Å². The van der Waals surface area contributed by atoms with Crippen LogP contribution in [0.1, 0.15) is 19.3 Å². The average molecular weight is 241 g/mol. The molecule has 0 bridgehead atoms. The number of carbonyl (C=O) groups is 1. The third-order valence-corrected chi connectivity index (χ3v) is 5.27. The van der Waals surface area contributed by atoms with Gasteiger partial charge in [-0.2, -0.15) is 0 Å². The fourth-order valence-electron chi connectivity index (χ4n) is 1.90. The lowest BCUT2D eigenvalue weighted by molar-refractivity contribution is -0.141. The van der Waals surface area contributed by atoms with E-state index in [1.165, 1.54) is 0 Å². The van der Waals surface area contributed by atoms with Crippen LogP contribution in [0.15, 0.2) is 0 Å². The summed E-state index contributed by atoms with van der Waals surface area (Å²) in [4.78, 5) is 10.8. The normalized spacial score (nSPS) is 27.8. The molecule has 6 heteroatoms. The molecule has 1 N–H and O–H groups in total. The number of rotatable bonds is 4. The van der Waals surface area contributed by atoms with Crippen molar-refractivity contribution in [2.45, 2.75) is 24.5 Å². The van der Waals surface area contributed by atoms with Gasteiger partial charge in [0.05, 0.1) is 16.9 Å². The van der Waals surface area contributed by atoms with Crippen molar-refractivity contribution in [2.24, 2.45) is 5.92 Å². The molecule has 0 unspecified atom stereocenters. The molecule has 0 radical (unpaired) electrons. The zero-order valence-electron chi connectivity index (χ0n) is 7.65. The summed E-state index contributed by atoms with van der Waals surface area (Å²) in [6, 6.07) is 0. The molecule has 0 heterocycles. The minimum absolute atomic E-state index is 0.0329. The van der Waals surface area contributed by atoms with Crippen LogP contribution in [0.4, 0.5) is 0 Å². The van der Waals surface area contributed by atoms with Gasteiger partial charge in [-0.3, -0.25) is 4.79 Å². The summed E-state index contributed by atoms with van der Waals surface area (Å²) >= 11 is 5.37. The molecule has 0 saturated heterocycles. The molecule has 0 aliphatic heterocycles. The minimum Gasteiger partial charge on any atom is -0.481 e. The molecule has 0 aromatic rings. The summed E-state index contributed by atoms with van der Waals surface area (Å²) in [5.41, 5.74) is 0. The van der Waals surface area contributed by atoms with Crippen molar-refractivity contribution in [3.63, 3.8) is 0 Å². The molecule has 1 aliphatic rings. The van der Waals surface area contributed by atoms with E-state index in [0.29, 0.717) is 19.3 Å². The molecule has 1 aliphatic carbocycles. The summed E-state index contributed by atoms with van der Waals surface area (Å²) in [7, 11) is -3.32. The maximum atomic E-state index is 11.6. The second kappa shape index (κ2) is 4.49. The van der Waals surface area contributed by atoms with Crippen molar-refractivity contribution in [3.05, 3.63) is 0 Å². The molecule has 14 heavy (non-hydrogen) atoms. The maximum Gasteiger partial charge on any atom is 0.307 e. The van der Waals surface area contributed by atoms with E-state index < -0.39 is 27.0 Å². The summed E-state index contributed by atoms with van der Waals surface area (Å²) in [6.45, 7) is 0. The van der Waals surface area contributed by atoms with Crippen LogP contribution >= 0.6 is 11.6 Å². The minimum atomic E-state index is -3.32. The highest BCUT2D eigenvalue weighted by molar-refractivity contribution is 7.92. The zero-order valence-corrected chi connectivity index (χ0v) is 9.22. The number of carboxylic acids is 1. The standard InChI is InChI=1S/C8H13ClO4S/c9-4-5-14(12,13)7-3-1-2-6(7)8(10)11/h6-7H,1-5H2,(H,10,11)/t6-,7-/m0/s1. The first kappa shape index (κ1) is 11.8. The predicted octanol–water partition coefficient (Wildman–Crippen LogP) is 0.893. The Bertz CT molecular complexity index is 311. The van der Waals surface area contributed by atoms with Crippen molar-refractivity contribution in [1.29, 1.82) is 0 Å². The van der Waals surface area contributed by atoms with Gasteiger partial charge in [0.25, 0.3) is 0 Å². The highest BCUT2D eigenvalue weighted by atomic mass is 35.5. The third-order valence-electron chi connectivity index (χ3n) is 2.59. The van der Waals surface area contributed by atoms with Crippen LogP contribution in [-0.2, 0) is 14.6 Å². The molecule has 2 atom stereocenters. The summed E-state index contributed by atoms with van der Waals surface area (Å²) in [6.07, 6.45) is 1.58. The van der Waals surface area contributed by atoms with Gasteiger partial charge in [0.2, 0.25) is 0 Å². The van der Waals surface area contributed by atoms with E-state index >= 15 is 0 Å². The molecule has 1 rings (SSSR count). The van der Waals surface area contributed by atoms with Crippen molar-refractivity contribution in [2.75, 3.05) is 11.6 Å². The first-order chi connectivity index (χ1) is 6.49. The molecule has 1 fully saturated rings. The molecule has 82 valence electrons. The van der Waals surface area contributed by atoms with E-state index in [9.17, 15) is 13.2 Å².